The third-order valence-electron chi connectivity index (χ3n) is 2.22. The fourth-order valence-electron chi connectivity index (χ4n) is 1.08. The molecule has 0 saturated carbocycles. The van der Waals surface area contributed by atoms with Gasteiger partial charge in [0.05, 0.1) is 5.69 Å². The molecule has 1 aromatic rings. The van der Waals surface area contributed by atoms with E-state index in [1.54, 1.807) is 30.1 Å². The molecule has 0 radical (unpaired) electrons. The summed E-state index contributed by atoms with van der Waals surface area (Å²) in [6, 6.07) is 4.91. The second kappa shape index (κ2) is 5.61. The molecule has 0 aliphatic carbocycles. The summed E-state index contributed by atoms with van der Waals surface area (Å²) in [5.41, 5.74) is 6.11. The van der Waals surface area contributed by atoms with Gasteiger partial charge in [0.25, 0.3) is 5.91 Å². The highest BCUT2D eigenvalue weighted by atomic mass is 35.5. The van der Waals surface area contributed by atoms with Crippen LogP contribution in [0.25, 0.3) is 0 Å². The van der Waals surface area contributed by atoms with Crippen LogP contribution in [0.2, 0.25) is 5.02 Å². The van der Waals surface area contributed by atoms with E-state index in [0.29, 0.717) is 23.0 Å². The first-order valence-electron chi connectivity index (χ1n) is 4.96. The second-order valence-electron chi connectivity index (χ2n) is 3.38. The van der Waals surface area contributed by atoms with Crippen molar-refractivity contribution >= 4 is 23.2 Å². The zero-order chi connectivity index (χ0) is 12.1. The van der Waals surface area contributed by atoms with E-state index >= 15 is 0 Å². The molecule has 1 amide bonds. The number of anilines is 1. The molecule has 0 fully saturated rings. The Morgan fingerprint density at radius 2 is 2.25 bits per heavy atom. The molecule has 4 nitrogen and oxygen atoms in total. The van der Waals surface area contributed by atoms with E-state index in [2.05, 4.69) is 0 Å². The van der Waals surface area contributed by atoms with Crippen LogP contribution in [0.4, 0.5) is 5.69 Å². The Morgan fingerprint density at radius 1 is 1.56 bits per heavy atom. The van der Waals surface area contributed by atoms with Gasteiger partial charge in [0.15, 0.2) is 6.61 Å². The summed E-state index contributed by atoms with van der Waals surface area (Å²) in [5, 5.41) is 0.543. The summed E-state index contributed by atoms with van der Waals surface area (Å²) in [6.07, 6.45) is 0. The highest BCUT2D eigenvalue weighted by molar-refractivity contribution is 6.30. The molecule has 2 N–H and O–H groups in total. The van der Waals surface area contributed by atoms with Crippen molar-refractivity contribution in [3.63, 3.8) is 0 Å². The van der Waals surface area contributed by atoms with Crippen LogP contribution in [-0.4, -0.2) is 31.0 Å². The van der Waals surface area contributed by atoms with Crippen LogP contribution in [0, 0.1) is 0 Å². The largest absolute Gasteiger partial charge is 0.482 e. The van der Waals surface area contributed by atoms with Gasteiger partial charge in [-0.25, -0.2) is 0 Å². The number of halogens is 1. The fraction of sp³-hybridized carbons (Fsp3) is 0.364. The molecule has 1 aromatic carbocycles. The predicted molar refractivity (Wildman–Crippen MR) is 64.7 cm³/mol. The predicted octanol–water partition coefficient (Wildman–Crippen LogP) is 1.78. The van der Waals surface area contributed by atoms with Crippen molar-refractivity contribution in [3.8, 4) is 5.75 Å². The lowest BCUT2D eigenvalue weighted by atomic mass is 10.3. The number of benzene rings is 1. The van der Waals surface area contributed by atoms with Crippen molar-refractivity contribution in [1.82, 2.24) is 4.90 Å². The first kappa shape index (κ1) is 12.6. The lowest BCUT2D eigenvalue weighted by Crippen LogP contribution is -2.31. The maximum atomic E-state index is 11.5. The van der Waals surface area contributed by atoms with Crippen LogP contribution in [-0.2, 0) is 4.79 Å². The van der Waals surface area contributed by atoms with Gasteiger partial charge in [-0.2, -0.15) is 0 Å². The molecule has 0 aliphatic rings. The third-order valence-corrected chi connectivity index (χ3v) is 2.46. The fourth-order valence-corrected chi connectivity index (χ4v) is 1.26. The molecule has 0 saturated heterocycles. The molecule has 16 heavy (non-hydrogen) atoms. The average Bonchev–Trinajstić information content (AvgIpc) is 2.26. The van der Waals surface area contributed by atoms with Crippen molar-refractivity contribution in [2.45, 2.75) is 6.92 Å². The van der Waals surface area contributed by atoms with Crippen LogP contribution < -0.4 is 10.5 Å². The number of carbonyl (C=O) groups excluding carboxylic acids is 1. The van der Waals surface area contributed by atoms with E-state index in [-0.39, 0.29) is 12.5 Å². The van der Waals surface area contributed by atoms with Crippen molar-refractivity contribution in [1.29, 1.82) is 0 Å². The Kier molecular flexibility index (Phi) is 4.43. The van der Waals surface area contributed by atoms with E-state index in [1.165, 1.54) is 0 Å². The van der Waals surface area contributed by atoms with Crippen LogP contribution in [0.1, 0.15) is 6.92 Å². The molecular formula is C11H15ClN2O2. The molecule has 0 aromatic heterocycles. The number of carbonyl (C=O) groups is 1. The van der Waals surface area contributed by atoms with Gasteiger partial charge < -0.3 is 15.4 Å². The lowest BCUT2D eigenvalue weighted by Gasteiger charge is -2.15. The number of nitrogens with two attached hydrogens (primary N) is 1. The Bertz CT molecular complexity index is 382. The molecular weight excluding hydrogens is 228 g/mol. The average molecular weight is 243 g/mol. The number of nitrogen functional groups attached to an aromatic ring is 1. The van der Waals surface area contributed by atoms with Crippen molar-refractivity contribution in [2.24, 2.45) is 0 Å². The van der Waals surface area contributed by atoms with E-state index in [1.807, 2.05) is 6.92 Å². The zero-order valence-electron chi connectivity index (χ0n) is 9.37. The van der Waals surface area contributed by atoms with Crippen LogP contribution in [0.15, 0.2) is 18.2 Å². The van der Waals surface area contributed by atoms with Gasteiger partial charge >= 0.3 is 0 Å². The minimum absolute atomic E-state index is 0.0177. The first-order valence-corrected chi connectivity index (χ1v) is 5.34. The Balaban J connectivity index is 2.58. The molecule has 88 valence electrons. The molecule has 0 aliphatic heterocycles. The number of amides is 1. The summed E-state index contributed by atoms with van der Waals surface area (Å²) in [7, 11) is 1.72. The minimum atomic E-state index is -0.0862. The topological polar surface area (TPSA) is 55.6 Å². The first-order chi connectivity index (χ1) is 7.54. The van der Waals surface area contributed by atoms with Crippen molar-refractivity contribution < 1.29 is 9.53 Å². The number of hydrogen-bond donors (Lipinski definition) is 1. The Morgan fingerprint density at radius 3 is 2.81 bits per heavy atom. The number of nitrogens with zero attached hydrogens (tertiary/aromatic N) is 1. The van der Waals surface area contributed by atoms with Gasteiger partial charge in [-0.3, -0.25) is 4.79 Å². The second-order valence-corrected chi connectivity index (χ2v) is 3.82. The molecule has 0 heterocycles. The van der Waals surface area contributed by atoms with Crippen molar-refractivity contribution in [3.05, 3.63) is 23.2 Å². The lowest BCUT2D eigenvalue weighted by molar-refractivity contribution is -0.131. The third kappa shape index (κ3) is 3.31. The molecule has 1 rings (SSSR count). The number of likely N-dealkylation sites (N-methyl/N-ethyl adjacent to an activating group) is 1. The monoisotopic (exact) mass is 242 g/mol. The normalized spacial score (nSPS) is 9.94. The minimum Gasteiger partial charge on any atom is -0.482 e. The highest BCUT2D eigenvalue weighted by Gasteiger charge is 2.08. The maximum Gasteiger partial charge on any atom is 0.260 e. The van der Waals surface area contributed by atoms with Crippen LogP contribution in [0.3, 0.4) is 0 Å². The molecule has 0 spiro atoms. The Labute approximate surface area is 99.9 Å². The van der Waals surface area contributed by atoms with Crippen molar-refractivity contribution in [2.75, 3.05) is 25.9 Å². The van der Waals surface area contributed by atoms with Gasteiger partial charge in [-0.15, -0.1) is 0 Å². The quantitative estimate of drug-likeness (QED) is 0.819. The molecule has 0 atom stereocenters. The van der Waals surface area contributed by atoms with Gasteiger partial charge in [0.2, 0.25) is 0 Å². The summed E-state index contributed by atoms with van der Waals surface area (Å²) in [4.78, 5) is 13.0. The Hall–Kier alpha value is -1.42. The van der Waals surface area contributed by atoms with E-state index in [0.717, 1.165) is 0 Å². The summed E-state index contributed by atoms with van der Waals surface area (Å²) < 4.78 is 5.30. The number of hydrogen-bond acceptors (Lipinski definition) is 3. The van der Waals surface area contributed by atoms with Gasteiger partial charge in [-0.1, -0.05) is 11.6 Å². The number of ether oxygens (including phenoxy) is 1. The highest BCUT2D eigenvalue weighted by Crippen LogP contribution is 2.24. The molecule has 0 unspecified atom stereocenters. The summed E-state index contributed by atoms with van der Waals surface area (Å²) in [6.45, 7) is 2.53. The summed E-state index contributed by atoms with van der Waals surface area (Å²) >= 11 is 5.74. The standard InChI is InChI=1S/C11H15ClN2O2/c1-3-14(2)11(15)7-16-10-5-4-8(12)6-9(10)13/h4-6H,3,7,13H2,1-2H3. The molecule has 0 bridgehead atoms. The smallest absolute Gasteiger partial charge is 0.260 e. The van der Waals surface area contributed by atoms with E-state index < -0.39 is 0 Å². The van der Waals surface area contributed by atoms with Gasteiger partial charge in [-0.05, 0) is 25.1 Å². The zero-order valence-corrected chi connectivity index (χ0v) is 10.1. The van der Waals surface area contributed by atoms with Crippen LogP contribution in [0.5, 0.6) is 5.75 Å². The summed E-state index contributed by atoms with van der Waals surface area (Å²) in [5.74, 6) is 0.388. The molecule has 5 heteroatoms. The van der Waals surface area contributed by atoms with Gasteiger partial charge in [0, 0.05) is 18.6 Å². The van der Waals surface area contributed by atoms with E-state index in [4.69, 9.17) is 22.1 Å². The number of rotatable bonds is 4. The maximum absolute atomic E-state index is 11.5. The van der Waals surface area contributed by atoms with Gasteiger partial charge in [0.1, 0.15) is 5.75 Å². The van der Waals surface area contributed by atoms with Crippen LogP contribution >= 0.6 is 11.6 Å². The van der Waals surface area contributed by atoms with E-state index in [9.17, 15) is 4.79 Å². The SMILES string of the molecule is CCN(C)C(=O)COc1ccc(Cl)cc1N.